The number of benzene rings is 2. The normalized spacial score (nSPS) is 11.0. The van der Waals surface area contributed by atoms with Crippen LogP contribution in [0.4, 0.5) is 11.4 Å². The molecule has 0 aliphatic heterocycles. The molecule has 7 nitrogen and oxygen atoms in total. The first-order valence-corrected chi connectivity index (χ1v) is 11.3. The highest BCUT2D eigenvalue weighted by Gasteiger charge is 2.27. The highest BCUT2D eigenvalue weighted by molar-refractivity contribution is 7.92. The molecule has 9 heteroatoms. The van der Waals surface area contributed by atoms with E-state index in [-0.39, 0.29) is 23.1 Å². The van der Waals surface area contributed by atoms with Gasteiger partial charge < -0.3 is 14.8 Å². The van der Waals surface area contributed by atoms with Gasteiger partial charge in [-0.1, -0.05) is 6.07 Å². The third-order valence-electron chi connectivity index (χ3n) is 4.31. The summed E-state index contributed by atoms with van der Waals surface area (Å²) in [5, 5.41) is 4.53. The largest absolute Gasteiger partial charge is 0.497 e. The molecule has 1 N–H and O–H groups in total. The molecule has 0 saturated carbocycles. The zero-order valence-corrected chi connectivity index (χ0v) is 18.4. The lowest BCUT2D eigenvalue weighted by atomic mass is 10.3. The number of thiophene rings is 1. The van der Waals surface area contributed by atoms with Crippen LogP contribution in [0.25, 0.3) is 0 Å². The van der Waals surface area contributed by atoms with E-state index >= 15 is 0 Å². The highest BCUT2D eigenvalue weighted by Crippen LogP contribution is 2.33. The summed E-state index contributed by atoms with van der Waals surface area (Å²) in [5.74, 6) is 0.618. The molecule has 3 rings (SSSR count). The fourth-order valence-electron chi connectivity index (χ4n) is 2.86. The van der Waals surface area contributed by atoms with E-state index < -0.39 is 10.0 Å². The van der Waals surface area contributed by atoms with E-state index in [1.165, 1.54) is 47.9 Å². The third-order valence-corrected chi connectivity index (χ3v) is 6.94. The summed E-state index contributed by atoms with van der Waals surface area (Å²) in [7, 11) is -0.947. The summed E-state index contributed by atoms with van der Waals surface area (Å²) in [6.45, 7) is 1.55. The van der Waals surface area contributed by atoms with E-state index in [0.29, 0.717) is 17.1 Å². The predicted octanol–water partition coefficient (Wildman–Crippen LogP) is 4.12. The maximum atomic E-state index is 13.6. The van der Waals surface area contributed by atoms with Crippen LogP contribution >= 0.6 is 11.3 Å². The average molecular weight is 447 g/mol. The number of amides is 1. The van der Waals surface area contributed by atoms with Crippen molar-refractivity contribution in [2.75, 3.05) is 23.8 Å². The second-order valence-corrected chi connectivity index (χ2v) is 9.23. The molecular formula is C21H22N2O5S2. The fourth-order valence-corrected chi connectivity index (χ4v) is 5.09. The second kappa shape index (κ2) is 9.19. The van der Waals surface area contributed by atoms with E-state index in [2.05, 4.69) is 5.32 Å². The lowest BCUT2D eigenvalue weighted by Crippen LogP contribution is -2.30. The molecule has 1 amide bonds. The zero-order valence-electron chi connectivity index (χ0n) is 16.8. The molecule has 2 aromatic carbocycles. The van der Waals surface area contributed by atoms with E-state index in [1.54, 1.807) is 31.4 Å². The molecule has 1 aromatic heterocycles. The van der Waals surface area contributed by atoms with Crippen molar-refractivity contribution in [1.29, 1.82) is 0 Å². The van der Waals surface area contributed by atoms with Crippen LogP contribution in [0.2, 0.25) is 0 Å². The number of anilines is 2. The maximum absolute atomic E-state index is 13.6. The van der Waals surface area contributed by atoms with Crippen molar-refractivity contribution >= 4 is 38.6 Å². The maximum Gasteiger partial charge on any atom is 0.264 e. The number of ether oxygens (including phenoxy) is 2. The number of carbonyl (C=O) groups excluding carboxylic acids is 1. The number of hydrogen-bond acceptors (Lipinski definition) is 6. The van der Waals surface area contributed by atoms with E-state index in [1.807, 2.05) is 17.5 Å². The first kappa shape index (κ1) is 21.7. The first-order valence-electron chi connectivity index (χ1n) is 9.00. The van der Waals surface area contributed by atoms with Gasteiger partial charge in [-0.25, -0.2) is 8.42 Å². The van der Waals surface area contributed by atoms with Crippen molar-refractivity contribution in [2.45, 2.75) is 18.4 Å². The number of hydrogen-bond donors (Lipinski definition) is 1. The summed E-state index contributed by atoms with van der Waals surface area (Å²) in [6.07, 6.45) is 0. The standard InChI is InChI=1S/C21H22N2O5S2/c1-15(24)22-20-11-10-19(13-21(20)28-3)30(25,26)23(14-18-5-4-12-29-18)16-6-8-17(27-2)9-7-16/h4-13H,14H2,1-3H3,(H,22,24). The van der Waals surface area contributed by atoms with E-state index in [4.69, 9.17) is 9.47 Å². The minimum absolute atomic E-state index is 0.0563. The Balaban J connectivity index is 2.05. The summed E-state index contributed by atoms with van der Waals surface area (Å²) in [6, 6.07) is 15.0. The van der Waals surface area contributed by atoms with Crippen LogP contribution in [-0.4, -0.2) is 28.5 Å². The Hall–Kier alpha value is -3.04. The van der Waals surface area contributed by atoms with Crippen LogP contribution in [0.1, 0.15) is 11.8 Å². The molecule has 30 heavy (non-hydrogen) atoms. The summed E-state index contributed by atoms with van der Waals surface area (Å²) in [4.78, 5) is 12.3. The van der Waals surface area contributed by atoms with Crippen LogP contribution in [0, 0.1) is 0 Å². The number of sulfonamides is 1. The lowest BCUT2D eigenvalue weighted by molar-refractivity contribution is -0.114. The van der Waals surface area contributed by atoms with Crippen molar-refractivity contribution in [3.8, 4) is 11.5 Å². The SMILES string of the molecule is COc1ccc(N(Cc2cccs2)S(=O)(=O)c2ccc(NC(C)=O)c(OC)c2)cc1. The van der Waals surface area contributed by atoms with Gasteiger partial charge in [0.05, 0.1) is 37.0 Å². The Kier molecular flexibility index (Phi) is 6.63. The molecule has 0 unspecified atom stereocenters. The van der Waals surface area contributed by atoms with Crippen molar-refractivity contribution in [2.24, 2.45) is 0 Å². The number of rotatable bonds is 8. The minimum atomic E-state index is -3.92. The molecule has 1 heterocycles. The molecule has 0 saturated heterocycles. The van der Waals surface area contributed by atoms with Gasteiger partial charge in [0, 0.05) is 17.9 Å². The number of nitrogens with zero attached hydrogens (tertiary/aromatic N) is 1. The van der Waals surface area contributed by atoms with Gasteiger partial charge in [-0.15, -0.1) is 11.3 Å². The molecule has 0 spiro atoms. The number of carbonyl (C=O) groups is 1. The first-order chi connectivity index (χ1) is 14.3. The van der Waals surface area contributed by atoms with Crippen molar-refractivity contribution in [1.82, 2.24) is 0 Å². The van der Waals surface area contributed by atoms with Crippen molar-refractivity contribution < 1.29 is 22.7 Å². The molecule has 0 atom stereocenters. The molecule has 0 aliphatic carbocycles. The summed E-state index contributed by atoms with van der Waals surface area (Å²) < 4.78 is 39.0. The van der Waals surface area contributed by atoms with Crippen LogP contribution in [0.5, 0.6) is 11.5 Å². The van der Waals surface area contributed by atoms with Gasteiger partial charge in [-0.3, -0.25) is 9.10 Å². The molecule has 158 valence electrons. The quantitative estimate of drug-likeness (QED) is 0.563. The Labute approximate surface area is 179 Å². The Morgan fingerprint density at radius 2 is 1.80 bits per heavy atom. The molecule has 0 fully saturated rings. The lowest BCUT2D eigenvalue weighted by Gasteiger charge is -2.25. The Morgan fingerprint density at radius 1 is 1.07 bits per heavy atom. The summed E-state index contributed by atoms with van der Waals surface area (Å²) >= 11 is 1.48. The smallest absolute Gasteiger partial charge is 0.264 e. The number of methoxy groups -OCH3 is 2. The second-order valence-electron chi connectivity index (χ2n) is 6.33. The molecule has 0 radical (unpaired) electrons. The Morgan fingerprint density at radius 3 is 2.37 bits per heavy atom. The molecule has 0 bridgehead atoms. The molecular weight excluding hydrogens is 424 g/mol. The van der Waals surface area contributed by atoms with Gasteiger partial charge in [0.15, 0.2) is 0 Å². The highest BCUT2D eigenvalue weighted by atomic mass is 32.2. The van der Waals surface area contributed by atoms with Crippen molar-refractivity contribution in [3.05, 3.63) is 64.9 Å². The molecule has 3 aromatic rings. The van der Waals surface area contributed by atoms with Crippen LogP contribution in [-0.2, 0) is 21.4 Å². The van der Waals surface area contributed by atoms with Gasteiger partial charge in [-0.05, 0) is 47.8 Å². The van der Waals surface area contributed by atoms with Crippen molar-refractivity contribution in [3.63, 3.8) is 0 Å². The molecule has 0 aliphatic rings. The van der Waals surface area contributed by atoms with Crippen LogP contribution in [0.3, 0.4) is 0 Å². The van der Waals surface area contributed by atoms with Gasteiger partial charge in [-0.2, -0.15) is 0 Å². The van der Waals surface area contributed by atoms with Gasteiger partial charge in [0.2, 0.25) is 5.91 Å². The predicted molar refractivity (Wildman–Crippen MR) is 118 cm³/mol. The summed E-state index contributed by atoms with van der Waals surface area (Å²) in [5.41, 5.74) is 0.910. The minimum Gasteiger partial charge on any atom is -0.497 e. The third kappa shape index (κ3) is 4.74. The fraction of sp³-hybridized carbons (Fsp3) is 0.190. The van der Waals surface area contributed by atoms with Gasteiger partial charge >= 0.3 is 0 Å². The monoisotopic (exact) mass is 446 g/mol. The zero-order chi connectivity index (χ0) is 21.7. The Bertz CT molecular complexity index is 1110. The average Bonchev–Trinajstić information content (AvgIpc) is 3.25. The van der Waals surface area contributed by atoms with Crippen LogP contribution < -0.4 is 19.1 Å². The van der Waals surface area contributed by atoms with Gasteiger partial charge in [0.25, 0.3) is 10.0 Å². The topological polar surface area (TPSA) is 84.9 Å². The number of nitrogens with one attached hydrogen (secondary N) is 1. The van der Waals surface area contributed by atoms with Gasteiger partial charge in [0.1, 0.15) is 11.5 Å². The van der Waals surface area contributed by atoms with E-state index in [9.17, 15) is 13.2 Å². The van der Waals surface area contributed by atoms with E-state index in [0.717, 1.165) is 4.88 Å². The van der Waals surface area contributed by atoms with Crippen LogP contribution in [0.15, 0.2) is 64.9 Å².